The summed E-state index contributed by atoms with van der Waals surface area (Å²) in [6.07, 6.45) is 3.07. The molecule has 0 aliphatic rings. The van der Waals surface area contributed by atoms with Crippen molar-refractivity contribution in [3.8, 4) is 17.2 Å². The number of phenolic OH excluding ortho intramolecular Hbond substituents is 1. The molecule has 0 amide bonds. The maximum Gasteiger partial charge on any atom is 0.121 e. The summed E-state index contributed by atoms with van der Waals surface area (Å²) in [5.74, 6) is 0.743. The van der Waals surface area contributed by atoms with Gasteiger partial charge in [-0.25, -0.2) is 0 Å². The Morgan fingerprint density at radius 2 is 1.59 bits per heavy atom. The molecule has 1 aromatic heterocycles. The number of aromatic hydroxyl groups is 1. The van der Waals surface area contributed by atoms with Crippen molar-refractivity contribution in [1.29, 1.82) is 0 Å². The van der Waals surface area contributed by atoms with Crippen LogP contribution in [0.1, 0.15) is 11.7 Å². The molecule has 1 atom stereocenters. The first-order valence-corrected chi connectivity index (χ1v) is 7.06. The molecule has 4 nitrogen and oxygen atoms in total. The maximum atomic E-state index is 10.1. The van der Waals surface area contributed by atoms with Gasteiger partial charge in [-0.2, -0.15) is 0 Å². The Labute approximate surface area is 128 Å². The van der Waals surface area contributed by atoms with Gasteiger partial charge in [0.15, 0.2) is 0 Å². The van der Waals surface area contributed by atoms with Gasteiger partial charge >= 0.3 is 0 Å². The standard InChI is InChI=1S/C18H17NO3/c20-17-6-2-1-5-16(17)18(21)13-22-15-9-7-14(8-10-15)19-11-3-4-12-19/h1-12,18,20-21H,13H2. The summed E-state index contributed by atoms with van der Waals surface area (Å²) in [7, 11) is 0. The van der Waals surface area contributed by atoms with E-state index in [-0.39, 0.29) is 12.4 Å². The normalized spacial score (nSPS) is 12.0. The van der Waals surface area contributed by atoms with E-state index in [1.165, 1.54) is 0 Å². The van der Waals surface area contributed by atoms with E-state index in [9.17, 15) is 10.2 Å². The molecule has 0 radical (unpaired) electrons. The molecule has 1 unspecified atom stereocenters. The third kappa shape index (κ3) is 3.13. The first-order chi connectivity index (χ1) is 10.7. The van der Waals surface area contributed by atoms with Gasteiger partial charge in [0.05, 0.1) is 0 Å². The average molecular weight is 295 g/mol. The third-order valence-corrected chi connectivity index (χ3v) is 3.44. The molecule has 22 heavy (non-hydrogen) atoms. The number of rotatable bonds is 5. The Hall–Kier alpha value is -2.72. The molecule has 0 aliphatic carbocycles. The summed E-state index contributed by atoms with van der Waals surface area (Å²) in [6, 6.07) is 18.2. The summed E-state index contributed by atoms with van der Waals surface area (Å²) in [6.45, 7) is 0.0838. The fourth-order valence-electron chi connectivity index (χ4n) is 2.26. The van der Waals surface area contributed by atoms with Crippen LogP contribution in [0.25, 0.3) is 5.69 Å². The number of benzene rings is 2. The Balaban J connectivity index is 1.63. The average Bonchev–Trinajstić information content (AvgIpc) is 3.08. The zero-order chi connectivity index (χ0) is 15.4. The number of ether oxygens (including phenoxy) is 1. The number of aliphatic hydroxyl groups excluding tert-OH is 1. The van der Waals surface area contributed by atoms with Crippen LogP contribution in [0.2, 0.25) is 0 Å². The predicted molar refractivity (Wildman–Crippen MR) is 84.3 cm³/mol. The molecule has 3 aromatic rings. The van der Waals surface area contributed by atoms with Crippen LogP contribution in [0.3, 0.4) is 0 Å². The summed E-state index contributed by atoms with van der Waals surface area (Å²) < 4.78 is 7.58. The van der Waals surface area contributed by atoms with Crippen molar-refractivity contribution in [3.05, 3.63) is 78.6 Å². The minimum Gasteiger partial charge on any atom is -0.508 e. The van der Waals surface area contributed by atoms with Gasteiger partial charge in [0.25, 0.3) is 0 Å². The molecule has 0 bridgehead atoms. The van der Waals surface area contributed by atoms with Gasteiger partial charge in [-0.1, -0.05) is 18.2 Å². The molecular formula is C18H17NO3. The van der Waals surface area contributed by atoms with Crippen LogP contribution < -0.4 is 4.74 Å². The van der Waals surface area contributed by atoms with Crippen LogP contribution in [0.15, 0.2) is 73.1 Å². The summed E-state index contributed by atoms with van der Waals surface area (Å²) in [5, 5.41) is 19.8. The van der Waals surface area contributed by atoms with Crippen molar-refractivity contribution in [1.82, 2.24) is 4.57 Å². The molecule has 112 valence electrons. The molecule has 2 N–H and O–H groups in total. The first-order valence-electron chi connectivity index (χ1n) is 7.06. The van der Waals surface area contributed by atoms with Gasteiger partial charge in [0, 0.05) is 23.6 Å². The van der Waals surface area contributed by atoms with Crippen molar-refractivity contribution in [3.63, 3.8) is 0 Å². The van der Waals surface area contributed by atoms with E-state index < -0.39 is 6.10 Å². The third-order valence-electron chi connectivity index (χ3n) is 3.44. The second kappa shape index (κ2) is 6.37. The monoisotopic (exact) mass is 295 g/mol. The second-order valence-corrected chi connectivity index (χ2v) is 4.97. The van der Waals surface area contributed by atoms with E-state index in [0.29, 0.717) is 11.3 Å². The number of hydrogen-bond donors (Lipinski definition) is 2. The summed E-state index contributed by atoms with van der Waals surface area (Å²) >= 11 is 0. The van der Waals surface area contributed by atoms with E-state index in [1.807, 2.05) is 53.4 Å². The highest BCUT2D eigenvalue weighted by atomic mass is 16.5. The van der Waals surface area contributed by atoms with E-state index in [0.717, 1.165) is 5.69 Å². The number of hydrogen-bond acceptors (Lipinski definition) is 3. The Morgan fingerprint density at radius 1 is 0.909 bits per heavy atom. The lowest BCUT2D eigenvalue weighted by atomic mass is 10.1. The van der Waals surface area contributed by atoms with Gasteiger partial charge in [-0.3, -0.25) is 0 Å². The van der Waals surface area contributed by atoms with Crippen LogP contribution in [0.4, 0.5) is 0 Å². The summed E-state index contributed by atoms with van der Waals surface area (Å²) in [4.78, 5) is 0. The van der Waals surface area contributed by atoms with Gasteiger partial charge in [-0.15, -0.1) is 0 Å². The molecule has 0 spiro atoms. The first kappa shape index (κ1) is 14.2. The van der Waals surface area contributed by atoms with Crippen LogP contribution in [0, 0.1) is 0 Å². The lowest BCUT2D eigenvalue weighted by Crippen LogP contribution is -2.09. The Kier molecular flexibility index (Phi) is 4.12. The Bertz CT molecular complexity index is 720. The molecule has 2 aromatic carbocycles. The van der Waals surface area contributed by atoms with Crippen molar-refractivity contribution >= 4 is 0 Å². The molecule has 1 heterocycles. The molecule has 0 saturated heterocycles. The minimum absolute atomic E-state index is 0.0709. The Morgan fingerprint density at radius 3 is 2.27 bits per heavy atom. The van der Waals surface area contributed by atoms with Crippen LogP contribution in [-0.4, -0.2) is 21.4 Å². The van der Waals surface area contributed by atoms with E-state index >= 15 is 0 Å². The van der Waals surface area contributed by atoms with Crippen molar-refractivity contribution in [2.75, 3.05) is 6.61 Å². The smallest absolute Gasteiger partial charge is 0.121 e. The fraction of sp³-hybridized carbons (Fsp3) is 0.111. The highest BCUT2D eigenvalue weighted by molar-refractivity contribution is 5.38. The van der Waals surface area contributed by atoms with Gasteiger partial charge in [0.2, 0.25) is 0 Å². The fourth-order valence-corrected chi connectivity index (χ4v) is 2.26. The van der Waals surface area contributed by atoms with Crippen molar-refractivity contribution in [2.45, 2.75) is 6.10 Å². The molecule has 0 fully saturated rings. The second-order valence-electron chi connectivity index (χ2n) is 4.97. The zero-order valence-electron chi connectivity index (χ0n) is 12.0. The molecule has 0 saturated carbocycles. The number of para-hydroxylation sites is 1. The van der Waals surface area contributed by atoms with Gasteiger partial charge < -0.3 is 19.5 Å². The van der Waals surface area contributed by atoms with E-state index in [4.69, 9.17) is 4.74 Å². The highest BCUT2D eigenvalue weighted by Gasteiger charge is 2.12. The number of aliphatic hydroxyl groups is 1. The lowest BCUT2D eigenvalue weighted by molar-refractivity contribution is 0.106. The van der Waals surface area contributed by atoms with Crippen LogP contribution >= 0.6 is 0 Å². The largest absolute Gasteiger partial charge is 0.508 e. The van der Waals surface area contributed by atoms with Crippen molar-refractivity contribution in [2.24, 2.45) is 0 Å². The predicted octanol–water partition coefficient (Wildman–Crippen LogP) is 3.30. The molecule has 0 aliphatic heterocycles. The molecule has 4 heteroatoms. The molecular weight excluding hydrogens is 278 g/mol. The number of phenols is 1. The quantitative estimate of drug-likeness (QED) is 0.759. The van der Waals surface area contributed by atoms with Crippen LogP contribution in [0.5, 0.6) is 11.5 Å². The van der Waals surface area contributed by atoms with Crippen LogP contribution in [-0.2, 0) is 0 Å². The topological polar surface area (TPSA) is 54.6 Å². The van der Waals surface area contributed by atoms with Gasteiger partial charge in [0.1, 0.15) is 24.2 Å². The minimum atomic E-state index is -0.870. The molecule has 3 rings (SSSR count). The SMILES string of the molecule is Oc1ccccc1C(O)COc1ccc(-n2cccc2)cc1. The maximum absolute atomic E-state index is 10.1. The number of aromatic nitrogens is 1. The summed E-state index contributed by atoms with van der Waals surface area (Å²) in [5.41, 5.74) is 1.50. The lowest BCUT2D eigenvalue weighted by Gasteiger charge is -2.14. The van der Waals surface area contributed by atoms with E-state index in [1.54, 1.807) is 24.3 Å². The van der Waals surface area contributed by atoms with Crippen molar-refractivity contribution < 1.29 is 14.9 Å². The van der Waals surface area contributed by atoms with E-state index in [2.05, 4.69) is 0 Å². The zero-order valence-corrected chi connectivity index (χ0v) is 12.0. The van der Waals surface area contributed by atoms with Gasteiger partial charge in [-0.05, 0) is 42.5 Å². The number of nitrogens with zero attached hydrogens (tertiary/aromatic N) is 1. The highest BCUT2D eigenvalue weighted by Crippen LogP contribution is 2.24.